The number of nitrogens with one attached hydrogen (secondary N) is 2. The minimum absolute atomic E-state index is 0. The second kappa shape index (κ2) is 7.26. The van der Waals surface area contributed by atoms with Crippen LogP contribution >= 0.6 is 12.4 Å². The molecule has 0 bridgehead atoms. The van der Waals surface area contributed by atoms with Crippen LogP contribution in [-0.2, 0) is 4.79 Å². The van der Waals surface area contributed by atoms with Crippen LogP contribution in [-0.4, -0.2) is 48.1 Å². The number of rotatable bonds is 3. The van der Waals surface area contributed by atoms with Crippen LogP contribution in [0.5, 0.6) is 0 Å². The van der Waals surface area contributed by atoms with E-state index < -0.39 is 5.54 Å². The van der Waals surface area contributed by atoms with Gasteiger partial charge in [-0.2, -0.15) is 0 Å². The van der Waals surface area contributed by atoms with Gasteiger partial charge in [0.25, 0.3) is 0 Å². The molecule has 0 radical (unpaired) electrons. The molecule has 1 heterocycles. The third-order valence-corrected chi connectivity index (χ3v) is 5.76. The molecule has 0 aromatic carbocycles. The maximum atomic E-state index is 13.1. The summed E-state index contributed by atoms with van der Waals surface area (Å²) in [6, 6.07) is 0.00696. The lowest BCUT2D eigenvalue weighted by atomic mass is 9.95. The van der Waals surface area contributed by atoms with Crippen molar-refractivity contribution in [1.82, 2.24) is 15.5 Å². The topological polar surface area (TPSA) is 87.5 Å². The van der Waals surface area contributed by atoms with Gasteiger partial charge in [-0.15, -0.1) is 12.4 Å². The van der Waals surface area contributed by atoms with Crippen LogP contribution in [0.2, 0.25) is 0 Å². The highest BCUT2D eigenvalue weighted by Crippen LogP contribution is 2.40. The second-order valence-electron chi connectivity index (χ2n) is 7.15. The van der Waals surface area contributed by atoms with Crippen molar-refractivity contribution in [3.05, 3.63) is 0 Å². The molecule has 2 saturated carbocycles. The zero-order valence-corrected chi connectivity index (χ0v) is 14.7. The predicted molar refractivity (Wildman–Crippen MR) is 91.4 cm³/mol. The summed E-state index contributed by atoms with van der Waals surface area (Å²) in [5.74, 6) is 1.12. The van der Waals surface area contributed by atoms with E-state index in [1.807, 2.05) is 11.8 Å². The van der Waals surface area contributed by atoms with Gasteiger partial charge >= 0.3 is 6.03 Å². The number of halogens is 1. The highest BCUT2D eigenvalue weighted by atomic mass is 35.5. The van der Waals surface area contributed by atoms with Crippen molar-refractivity contribution in [2.75, 3.05) is 19.6 Å². The van der Waals surface area contributed by atoms with Crippen LogP contribution < -0.4 is 16.4 Å². The van der Waals surface area contributed by atoms with E-state index in [4.69, 9.17) is 5.73 Å². The average Bonchev–Trinajstić information content (AvgIpc) is 3.17. The lowest BCUT2D eigenvalue weighted by molar-refractivity contribution is -0.137. The first-order chi connectivity index (χ1) is 10.6. The molecule has 3 atom stereocenters. The highest BCUT2D eigenvalue weighted by molar-refractivity contribution is 5.91. The van der Waals surface area contributed by atoms with Gasteiger partial charge in [-0.3, -0.25) is 4.79 Å². The Morgan fingerprint density at radius 2 is 1.91 bits per heavy atom. The van der Waals surface area contributed by atoms with Crippen LogP contribution in [0.3, 0.4) is 0 Å². The van der Waals surface area contributed by atoms with E-state index in [0.717, 1.165) is 51.6 Å². The summed E-state index contributed by atoms with van der Waals surface area (Å²) < 4.78 is 0. The number of hydrogen-bond acceptors (Lipinski definition) is 3. The second-order valence-corrected chi connectivity index (χ2v) is 7.15. The SMILES string of the molecule is CCNC(=O)NC1(C(=O)N2CC3CCC(N)C3C2)CCCC1.Cl. The first kappa shape index (κ1) is 18.3. The van der Waals surface area contributed by atoms with E-state index in [0.29, 0.717) is 18.4 Å². The van der Waals surface area contributed by atoms with Gasteiger partial charge < -0.3 is 21.3 Å². The molecule has 3 fully saturated rings. The van der Waals surface area contributed by atoms with Gasteiger partial charge in [0.05, 0.1) is 0 Å². The predicted octanol–water partition coefficient (Wildman–Crippen LogP) is 1.24. The number of urea groups is 1. The maximum absolute atomic E-state index is 13.1. The van der Waals surface area contributed by atoms with Crippen molar-refractivity contribution in [1.29, 1.82) is 0 Å². The summed E-state index contributed by atoms with van der Waals surface area (Å²) in [6.45, 7) is 4.03. The Hall–Kier alpha value is -1.01. The lowest BCUT2D eigenvalue weighted by Crippen LogP contribution is -2.60. The fraction of sp³-hybridized carbons (Fsp3) is 0.875. The lowest BCUT2D eigenvalue weighted by Gasteiger charge is -2.33. The number of fused-ring (bicyclic) bond motifs is 1. The van der Waals surface area contributed by atoms with E-state index in [1.165, 1.54) is 0 Å². The molecule has 0 spiro atoms. The summed E-state index contributed by atoms with van der Waals surface area (Å²) in [5.41, 5.74) is 5.48. The van der Waals surface area contributed by atoms with Crippen molar-refractivity contribution in [3.63, 3.8) is 0 Å². The molecule has 6 nitrogen and oxygen atoms in total. The van der Waals surface area contributed by atoms with Gasteiger partial charge in [-0.05, 0) is 44.4 Å². The third kappa shape index (κ3) is 3.43. The average molecular weight is 345 g/mol. The number of amides is 3. The molecule has 3 aliphatic rings. The van der Waals surface area contributed by atoms with Crippen LogP contribution in [0, 0.1) is 11.8 Å². The van der Waals surface area contributed by atoms with Gasteiger partial charge in [0.15, 0.2) is 0 Å². The Morgan fingerprint density at radius 1 is 1.22 bits per heavy atom. The molecule has 3 rings (SSSR count). The van der Waals surface area contributed by atoms with Crippen LogP contribution in [0.25, 0.3) is 0 Å². The van der Waals surface area contributed by atoms with Gasteiger partial charge in [0, 0.05) is 25.7 Å². The summed E-state index contributed by atoms with van der Waals surface area (Å²) in [4.78, 5) is 27.0. The molecule has 4 N–H and O–H groups in total. The zero-order valence-electron chi connectivity index (χ0n) is 13.8. The fourth-order valence-electron chi connectivity index (χ4n) is 4.57. The normalized spacial score (nSPS) is 31.4. The molecule has 7 heteroatoms. The summed E-state index contributed by atoms with van der Waals surface area (Å²) >= 11 is 0. The molecular formula is C16H29ClN4O2. The molecule has 0 aromatic heterocycles. The number of nitrogens with zero attached hydrogens (tertiary/aromatic N) is 1. The van der Waals surface area contributed by atoms with E-state index in [9.17, 15) is 9.59 Å². The molecule has 3 amide bonds. The Labute approximate surface area is 144 Å². The molecule has 2 aliphatic carbocycles. The van der Waals surface area contributed by atoms with Crippen molar-refractivity contribution in [2.45, 2.75) is 57.0 Å². The van der Waals surface area contributed by atoms with E-state index in [-0.39, 0.29) is 30.4 Å². The van der Waals surface area contributed by atoms with Gasteiger partial charge in [-0.1, -0.05) is 12.8 Å². The monoisotopic (exact) mass is 344 g/mol. The smallest absolute Gasteiger partial charge is 0.315 e. The van der Waals surface area contributed by atoms with Crippen molar-refractivity contribution in [2.24, 2.45) is 17.6 Å². The zero-order chi connectivity index (χ0) is 15.7. The number of likely N-dealkylation sites (tertiary alicyclic amines) is 1. The molecule has 1 saturated heterocycles. The number of carbonyl (C=O) groups is 2. The maximum Gasteiger partial charge on any atom is 0.315 e. The Balaban J connectivity index is 0.00000192. The molecule has 1 aliphatic heterocycles. The Bertz CT molecular complexity index is 453. The first-order valence-corrected chi connectivity index (χ1v) is 8.67. The third-order valence-electron chi connectivity index (χ3n) is 5.76. The summed E-state index contributed by atoms with van der Waals surface area (Å²) in [7, 11) is 0. The van der Waals surface area contributed by atoms with Crippen molar-refractivity contribution < 1.29 is 9.59 Å². The van der Waals surface area contributed by atoms with E-state index >= 15 is 0 Å². The van der Waals surface area contributed by atoms with Crippen LogP contribution in [0.1, 0.15) is 45.4 Å². The molecule has 0 aromatic rings. The quantitative estimate of drug-likeness (QED) is 0.719. The summed E-state index contributed by atoms with van der Waals surface area (Å²) in [5, 5.41) is 5.72. The van der Waals surface area contributed by atoms with Gasteiger partial charge in [-0.25, -0.2) is 4.79 Å². The van der Waals surface area contributed by atoms with Gasteiger partial charge in [0.1, 0.15) is 5.54 Å². The largest absolute Gasteiger partial charge is 0.340 e. The standard InChI is InChI=1S/C16H28N4O2.ClH/c1-2-18-15(22)19-16(7-3-4-8-16)14(21)20-9-11-5-6-13(17)12(11)10-20;/h11-13H,2-10,17H2,1H3,(H2,18,19,22);1H. The number of carbonyl (C=O) groups excluding carboxylic acids is 2. The van der Waals surface area contributed by atoms with Crippen LogP contribution in [0.4, 0.5) is 4.79 Å². The minimum Gasteiger partial charge on any atom is -0.340 e. The number of hydrogen-bond donors (Lipinski definition) is 3. The number of nitrogens with two attached hydrogens (primary N) is 1. The van der Waals surface area contributed by atoms with E-state index in [1.54, 1.807) is 0 Å². The van der Waals surface area contributed by atoms with Crippen molar-refractivity contribution >= 4 is 24.3 Å². The molecule has 23 heavy (non-hydrogen) atoms. The molecule has 132 valence electrons. The first-order valence-electron chi connectivity index (χ1n) is 8.67. The Morgan fingerprint density at radius 3 is 2.52 bits per heavy atom. The fourth-order valence-corrected chi connectivity index (χ4v) is 4.57. The minimum atomic E-state index is -0.692. The molecule has 3 unspecified atom stereocenters. The van der Waals surface area contributed by atoms with Gasteiger partial charge in [0.2, 0.25) is 5.91 Å². The highest BCUT2D eigenvalue weighted by Gasteiger charge is 2.49. The molecular weight excluding hydrogens is 316 g/mol. The Kier molecular flexibility index (Phi) is 5.79. The van der Waals surface area contributed by atoms with Crippen molar-refractivity contribution in [3.8, 4) is 0 Å². The van der Waals surface area contributed by atoms with Crippen LogP contribution in [0.15, 0.2) is 0 Å². The van der Waals surface area contributed by atoms with E-state index in [2.05, 4.69) is 10.6 Å². The summed E-state index contributed by atoms with van der Waals surface area (Å²) in [6.07, 6.45) is 5.71.